The monoisotopic (exact) mass is 376 g/mol. The van der Waals surface area contributed by atoms with Gasteiger partial charge in [-0.25, -0.2) is 4.79 Å². The molecule has 0 unspecified atom stereocenters. The quantitative estimate of drug-likeness (QED) is 0.566. The van der Waals surface area contributed by atoms with Crippen LogP contribution in [0.15, 0.2) is 70.3 Å². The molecule has 28 heavy (non-hydrogen) atoms. The molecule has 0 aliphatic carbocycles. The zero-order chi connectivity index (χ0) is 19.8. The van der Waals surface area contributed by atoms with E-state index in [2.05, 4.69) is 11.9 Å². The van der Waals surface area contributed by atoms with Crippen LogP contribution in [0, 0.1) is 0 Å². The highest BCUT2D eigenvalue weighted by molar-refractivity contribution is 5.31. The number of H-pyrrole nitrogens is 1. The number of nitrogens with zero attached hydrogens (tertiary/aromatic N) is 1. The average molecular weight is 377 g/mol. The standard InChI is InChI=1S/C24H28N2O2/c1-2-3-4-11-16-26-22(18-20-14-9-6-10-15-20)21(23(27)25-24(26)28)17-19-12-7-5-8-13-19/h5-10,12-15H,2-4,11,16-18H2,1H3,(H,25,27,28). The molecule has 0 spiro atoms. The first-order valence-corrected chi connectivity index (χ1v) is 10.1. The number of benzene rings is 2. The smallest absolute Gasteiger partial charge is 0.297 e. The number of aromatic nitrogens is 2. The Bertz CT molecular complexity index is 989. The van der Waals surface area contributed by atoms with E-state index in [0.717, 1.165) is 42.5 Å². The summed E-state index contributed by atoms with van der Waals surface area (Å²) in [6.45, 7) is 2.81. The maximum absolute atomic E-state index is 12.7. The molecular weight excluding hydrogens is 348 g/mol. The maximum atomic E-state index is 12.7. The maximum Gasteiger partial charge on any atom is 0.328 e. The van der Waals surface area contributed by atoms with Crippen LogP contribution in [0.3, 0.4) is 0 Å². The van der Waals surface area contributed by atoms with E-state index in [-0.39, 0.29) is 11.2 Å². The van der Waals surface area contributed by atoms with Gasteiger partial charge in [-0.15, -0.1) is 0 Å². The SMILES string of the molecule is CCCCCCn1c(Cc2ccccc2)c(Cc2ccccc2)c(=O)[nH]c1=O. The molecule has 0 aliphatic rings. The number of rotatable bonds is 9. The van der Waals surface area contributed by atoms with Crippen molar-refractivity contribution in [2.45, 2.75) is 52.0 Å². The minimum atomic E-state index is -0.302. The molecular formula is C24H28N2O2. The second kappa shape index (κ2) is 9.88. The summed E-state index contributed by atoms with van der Waals surface area (Å²) in [6, 6.07) is 20.0. The van der Waals surface area contributed by atoms with Gasteiger partial charge >= 0.3 is 5.69 Å². The van der Waals surface area contributed by atoms with Crippen LogP contribution in [-0.2, 0) is 19.4 Å². The zero-order valence-corrected chi connectivity index (χ0v) is 16.5. The Labute approximate surface area is 165 Å². The summed E-state index contributed by atoms with van der Waals surface area (Å²) in [5.41, 5.74) is 3.11. The highest BCUT2D eigenvalue weighted by Crippen LogP contribution is 2.15. The summed E-state index contributed by atoms with van der Waals surface area (Å²) < 4.78 is 1.78. The summed E-state index contributed by atoms with van der Waals surface area (Å²) in [5, 5.41) is 0. The van der Waals surface area contributed by atoms with Crippen LogP contribution in [0.2, 0.25) is 0 Å². The van der Waals surface area contributed by atoms with Crippen molar-refractivity contribution in [3.8, 4) is 0 Å². The van der Waals surface area contributed by atoms with Crippen LogP contribution in [0.5, 0.6) is 0 Å². The molecule has 0 saturated heterocycles. The largest absolute Gasteiger partial charge is 0.328 e. The lowest BCUT2D eigenvalue weighted by Gasteiger charge is -2.17. The average Bonchev–Trinajstić information content (AvgIpc) is 2.71. The molecule has 0 atom stereocenters. The molecule has 0 bridgehead atoms. The Hall–Kier alpha value is -2.88. The van der Waals surface area contributed by atoms with Gasteiger partial charge in [0.25, 0.3) is 5.56 Å². The minimum Gasteiger partial charge on any atom is -0.297 e. The van der Waals surface area contributed by atoms with Gasteiger partial charge in [-0.3, -0.25) is 14.3 Å². The highest BCUT2D eigenvalue weighted by Gasteiger charge is 2.16. The summed E-state index contributed by atoms with van der Waals surface area (Å²) in [5.74, 6) is 0. The Balaban J connectivity index is 2.03. The Kier molecular flexibility index (Phi) is 7.01. The molecule has 2 aromatic carbocycles. The van der Waals surface area contributed by atoms with Crippen molar-refractivity contribution in [2.75, 3.05) is 0 Å². The van der Waals surface area contributed by atoms with Gasteiger partial charge < -0.3 is 0 Å². The molecule has 0 radical (unpaired) electrons. The van der Waals surface area contributed by atoms with Crippen molar-refractivity contribution in [3.63, 3.8) is 0 Å². The summed E-state index contributed by atoms with van der Waals surface area (Å²) in [4.78, 5) is 27.9. The van der Waals surface area contributed by atoms with Gasteiger partial charge in [0, 0.05) is 30.6 Å². The van der Waals surface area contributed by atoms with Crippen molar-refractivity contribution < 1.29 is 0 Å². The van der Waals surface area contributed by atoms with E-state index in [1.54, 1.807) is 4.57 Å². The summed E-state index contributed by atoms with van der Waals surface area (Å²) in [6.07, 6.45) is 5.43. The first kappa shape index (κ1) is 19.9. The highest BCUT2D eigenvalue weighted by atomic mass is 16.2. The van der Waals surface area contributed by atoms with Crippen molar-refractivity contribution in [1.82, 2.24) is 9.55 Å². The Morgan fingerprint density at radius 1 is 0.786 bits per heavy atom. The van der Waals surface area contributed by atoms with Gasteiger partial charge in [0.15, 0.2) is 0 Å². The van der Waals surface area contributed by atoms with E-state index in [4.69, 9.17) is 0 Å². The number of aromatic amines is 1. The first-order valence-electron chi connectivity index (χ1n) is 10.1. The van der Waals surface area contributed by atoms with Crippen LogP contribution in [0.4, 0.5) is 0 Å². The third-order valence-electron chi connectivity index (χ3n) is 5.09. The number of unbranched alkanes of at least 4 members (excludes halogenated alkanes) is 3. The lowest BCUT2D eigenvalue weighted by molar-refractivity contribution is 0.541. The van der Waals surface area contributed by atoms with Gasteiger partial charge in [-0.1, -0.05) is 86.8 Å². The fourth-order valence-electron chi connectivity index (χ4n) is 3.56. The molecule has 4 heteroatoms. The van der Waals surface area contributed by atoms with Crippen LogP contribution < -0.4 is 11.2 Å². The van der Waals surface area contributed by atoms with Crippen molar-refractivity contribution in [3.05, 3.63) is 104 Å². The molecule has 1 heterocycles. The summed E-state index contributed by atoms with van der Waals surface area (Å²) in [7, 11) is 0. The molecule has 0 amide bonds. The molecule has 146 valence electrons. The van der Waals surface area contributed by atoms with Gasteiger partial charge in [-0.05, 0) is 17.5 Å². The number of hydrogen-bond donors (Lipinski definition) is 1. The van der Waals surface area contributed by atoms with Crippen LogP contribution >= 0.6 is 0 Å². The second-order valence-electron chi connectivity index (χ2n) is 7.22. The Morgan fingerprint density at radius 3 is 2.00 bits per heavy atom. The first-order chi connectivity index (χ1) is 13.7. The molecule has 0 saturated carbocycles. The third kappa shape index (κ3) is 5.10. The van der Waals surface area contributed by atoms with E-state index >= 15 is 0 Å². The van der Waals surface area contributed by atoms with E-state index in [9.17, 15) is 9.59 Å². The van der Waals surface area contributed by atoms with Crippen LogP contribution in [-0.4, -0.2) is 9.55 Å². The number of nitrogens with one attached hydrogen (secondary N) is 1. The van der Waals surface area contributed by atoms with E-state index < -0.39 is 0 Å². The normalized spacial score (nSPS) is 10.9. The predicted molar refractivity (Wildman–Crippen MR) is 114 cm³/mol. The van der Waals surface area contributed by atoms with Crippen molar-refractivity contribution >= 4 is 0 Å². The minimum absolute atomic E-state index is 0.274. The zero-order valence-electron chi connectivity index (χ0n) is 16.5. The molecule has 0 aliphatic heterocycles. The molecule has 0 fully saturated rings. The van der Waals surface area contributed by atoms with Gasteiger partial charge in [-0.2, -0.15) is 0 Å². The molecule has 4 nitrogen and oxygen atoms in total. The van der Waals surface area contributed by atoms with E-state index in [1.165, 1.54) is 0 Å². The van der Waals surface area contributed by atoms with E-state index in [1.807, 2.05) is 60.7 Å². The lowest BCUT2D eigenvalue weighted by Crippen LogP contribution is -2.36. The fraction of sp³-hybridized carbons (Fsp3) is 0.333. The Morgan fingerprint density at radius 2 is 1.39 bits per heavy atom. The molecule has 1 N–H and O–H groups in total. The van der Waals surface area contributed by atoms with Crippen LogP contribution in [0.25, 0.3) is 0 Å². The van der Waals surface area contributed by atoms with Crippen molar-refractivity contribution in [1.29, 1.82) is 0 Å². The van der Waals surface area contributed by atoms with Crippen LogP contribution in [0.1, 0.15) is 55.0 Å². The number of hydrogen-bond acceptors (Lipinski definition) is 2. The summed E-state index contributed by atoms with van der Waals surface area (Å²) >= 11 is 0. The molecule has 3 aromatic rings. The van der Waals surface area contributed by atoms with Gasteiger partial charge in [0.1, 0.15) is 0 Å². The van der Waals surface area contributed by atoms with Crippen molar-refractivity contribution in [2.24, 2.45) is 0 Å². The fourth-order valence-corrected chi connectivity index (χ4v) is 3.56. The second-order valence-corrected chi connectivity index (χ2v) is 7.22. The topological polar surface area (TPSA) is 54.9 Å². The predicted octanol–water partition coefficient (Wildman–Crippen LogP) is 4.30. The van der Waals surface area contributed by atoms with Gasteiger partial charge in [0.05, 0.1) is 0 Å². The lowest BCUT2D eigenvalue weighted by atomic mass is 10.00. The molecule has 1 aromatic heterocycles. The molecule has 3 rings (SSSR count). The van der Waals surface area contributed by atoms with E-state index in [0.29, 0.717) is 24.9 Å². The van der Waals surface area contributed by atoms with Gasteiger partial charge in [0.2, 0.25) is 0 Å². The third-order valence-corrected chi connectivity index (χ3v) is 5.09.